The van der Waals surface area contributed by atoms with Crippen molar-refractivity contribution >= 4 is 21.6 Å². The topological polar surface area (TPSA) is 87.3 Å². The first-order valence-electron chi connectivity index (χ1n) is 8.51. The standard InChI is InChI=1S/C17H27N3O3S/c1-24(22,23)20-16-9-7-15(8-10-16)17(21)19-12-11-18-13-14-5-3-2-4-6-14/h7-10,14,18,20H,2-6,11-13H2,1H3,(H,19,21). The van der Waals surface area contributed by atoms with Crippen molar-refractivity contribution in [1.82, 2.24) is 10.6 Å². The Balaban J connectivity index is 1.66. The SMILES string of the molecule is CS(=O)(=O)Nc1ccc(C(=O)NCCNCC2CCCCC2)cc1. The zero-order chi connectivity index (χ0) is 17.4. The summed E-state index contributed by atoms with van der Waals surface area (Å²) < 4.78 is 24.6. The molecule has 0 aromatic heterocycles. The van der Waals surface area contributed by atoms with E-state index < -0.39 is 10.0 Å². The molecular formula is C17H27N3O3S. The van der Waals surface area contributed by atoms with Gasteiger partial charge in [0, 0.05) is 24.3 Å². The van der Waals surface area contributed by atoms with Gasteiger partial charge in [-0.25, -0.2) is 8.42 Å². The van der Waals surface area contributed by atoms with E-state index >= 15 is 0 Å². The van der Waals surface area contributed by atoms with Crippen LogP contribution in [0, 0.1) is 5.92 Å². The number of benzene rings is 1. The molecule has 2 rings (SSSR count). The Morgan fingerprint density at radius 3 is 2.38 bits per heavy atom. The lowest BCUT2D eigenvalue weighted by Crippen LogP contribution is -2.34. The molecule has 0 unspecified atom stereocenters. The average Bonchev–Trinajstić information content (AvgIpc) is 2.54. The van der Waals surface area contributed by atoms with Crippen LogP contribution < -0.4 is 15.4 Å². The van der Waals surface area contributed by atoms with E-state index in [1.807, 2.05) is 0 Å². The monoisotopic (exact) mass is 353 g/mol. The largest absolute Gasteiger partial charge is 0.351 e. The van der Waals surface area contributed by atoms with Crippen molar-refractivity contribution in [3.05, 3.63) is 29.8 Å². The van der Waals surface area contributed by atoms with Crippen molar-refractivity contribution in [2.45, 2.75) is 32.1 Å². The van der Waals surface area contributed by atoms with Gasteiger partial charge in [-0.3, -0.25) is 9.52 Å². The second kappa shape index (κ2) is 9.03. The third-order valence-electron chi connectivity index (χ3n) is 4.20. The summed E-state index contributed by atoms with van der Waals surface area (Å²) in [6, 6.07) is 6.38. The Morgan fingerprint density at radius 2 is 1.75 bits per heavy atom. The molecule has 0 bridgehead atoms. The van der Waals surface area contributed by atoms with Gasteiger partial charge < -0.3 is 10.6 Å². The summed E-state index contributed by atoms with van der Waals surface area (Å²) in [7, 11) is -3.30. The van der Waals surface area contributed by atoms with Crippen LogP contribution in [0.5, 0.6) is 0 Å². The number of amides is 1. The smallest absolute Gasteiger partial charge is 0.251 e. The zero-order valence-corrected chi connectivity index (χ0v) is 15.0. The van der Waals surface area contributed by atoms with E-state index in [-0.39, 0.29) is 5.91 Å². The highest BCUT2D eigenvalue weighted by Crippen LogP contribution is 2.22. The quantitative estimate of drug-likeness (QED) is 0.624. The Kier molecular flexibility index (Phi) is 7.05. The van der Waals surface area contributed by atoms with Crippen LogP contribution in [0.1, 0.15) is 42.5 Å². The third kappa shape index (κ3) is 6.88. The molecule has 3 N–H and O–H groups in total. The number of carbonyl (C=O) groups excluding carboxylic acids is 1. The van der Waals surface area contributed by atoms with Gasteiger partial charge in [-0.05, 0) is 49.6 Å². The molecule has 1 fully saturated rings. The number of rotatable bonds is 8. The molecule has 0 aliphatic heterocycles. The molecule has 1 saturated carbocycles. The van der Waals surface area contributed by atoms with Gasteiger partial charge in [-0.15, -0.1) is 0 Å². The summed E-state index contributed by atoms with van der Waals surface area (Å²) in [5.74, 6) is 0.629. The van der Waals surface area contributed by atoms with E-state index in [0.717, 1.165) is 25.3 Å². The lowest BCUT2D eigenvalue weighted by Gasteiger charge is -2.21. The summed E-state index contributed by atoms with van der Waals surface area (Å²) >= 11 is 0. The van der Waals surface area contributed by atoms with Crippen molar-refractivity contribution in [2.24, 2.45) is 5.92 Å². The maximum absolute atomic E-state index is 12.0. The molecule has 1 amide bonds. The maximum atomic E-state index is 12.0. The van der Waals surface area contributed by atoms with Crippen LogP contribution in [0.25, 0.3) is 0 Å². The van der Waals surface area contributed by atoms with Crippen molar-refractivity contribution in [3.8, 4) is 0 Å². The first kappa shape index (κ1) is 18.7. The second-order valence-electron chi connectivity index (χ2n) is 6.42. The average molecular weight is 353 g/mol. The maximum Gasteiger partial charge on any atom is 0.251 e. The van der Waals surface area contributed by atoms with E-state index in [9.17, 15) is 13.2 Å². The van der Waals surface area contributed by atoms with Gasteiger partial charge in [0.25, 0.3) is 5.91 Å². The van der Waals surface area contributed by atoms with Crippen LogP contribution in [-0.2, 0) is 10.0 Å². The first-order chi connectivity index (χ1) is 11.4. The summed E-state index contributed by atoms with van der Waals surface area (Å²) in [5, 5.41) is 6.27. The molecule has 7 heteroatoms. The number of anilines is 1. The van der Waals surface area contributed by atoms with Crippen molar-refractivity contribution < 1.29 is 13.2 Å². The molecule has 1 aliphatic carbocycles. The molecule has 24 heavy (non-hydrogen) atoms. The zero-order valence-electron chi connectivity index (χ0n) is 14.2. The van der Waals surface area contributed by atoms with E-state index in [1.165, 1.54) is 32.1 Å². The molecular weight excluding hydrogens is 326 g/mol. The Labute approximate surface area is 144 Å². The number of hydrogen-bond acceptors (Lipinski definition) is 4. The van der Waals surface area contributed by atoms with Crippen LogP contribution in [0.2, 0.25) is 0 Å². The number of sulfonamides is 1. The van der Waals surface area contributed by atoms with Crippen molar-refractivity contribution in [1.29, 1.82) is 0 Å². The van der Waals surface area contributed by atoms with Crippen LogP contribution in [0.4, 0.5) is 5.69 Å². The van der Waals surface area contributed by atoms with Gasteiger partial charge in [0.2, 0.25) is 10.0 Å². The third-order valence-corrected chi connectivity index (χ3v) is 4.80. The van der Waals surface area contributed by atoms with Crippen molar-refractivity contribution in [2.75, 3.05) is 30.6 Å². The first-order valence-corrected chi connectivity index (χ1v) is 10.4. The fourth-order valence-electron chi connectivity index (χ4n) is 2.97. The van der Waals surface area contributed by atoms with E-state index in [0.29, 0.717) is 17.8 Å². The molecule has 0 spiro atoms. The van der Waals surface area contributed by atoms with Gasteiger partial charge >= 0.3 is 0 Å². The highest BCUT2D eigenvalue weighted by Gasteiger charge is 2.12. The summed E-state index contributed by atoms with van der Waals surface area (Å²) in [6.45, 7) is 2.37. The number of nitrogens with one attached hydrogen (secondary N) is 3. The Hall–Kier alpha value is -1.60. The minimum atomic E-state index is -3.30. The number of hydrogen-bond donors (Lipinski definition) is 3. The highest BCUT2D eigenvalue weighted by atomic mass is 32.2. The molecule has 0 radical (unpaired) electrons. The second-order valence-corrected chi connectivity index (χ2v) is 8.16. The highest BCUT2D eigenvalue weighted by molar-refractivity contribution is 7.92. The molecule has 0 saturated heterocycles. The summed E-state index contributed by atoms with van der Waals surface area (Å²) in [4.78, 5) is 12.0. The van der Waals surface area contributed by atoms with Gasteiger partial charge in [-0.1, -0.05) is 19.3 Å². The Morgan fingerprint density at radius 1 is 1.08 bits per heavy atom. The van der Waals surface area contributed by atoms with E-state index in [2.05, 4.69) is 15.4 Å². The predicted molar refractivity (Wildman–Crippen MR) is 96.7 cm³/mol. The molecule has 134 valence electrons. The molecule has 1 aromatic rings. The molecule has 6 nitrogen and oxygen atoms in total. The lowest BCUT2D eigenvalue weighted by atomic mass is 9.89. The van der Waals surface area contributed by atoms with Crippen LogP contribution in [-0.4, -0.2) is 40.2 Å². The van der Waals surface area contributed by atoms with Gasteiger partial charge in [0.15, 0.2) is 0 Å². The minimum Gasteiger partial charge on any atom is -0.351 e. The Bertz CT molecular complexity index is 623. The van der Waals surface area contributed by atoms with Crippen LogP contribution in [0.3, 0.4) is 0 Å². The van der Waals surface area contributed by atoms with Gasteiger partial charge in [0.05, 0.1) is 6.26 Å². The minimum absolute atomic E-state index is 0.152. The molecule has 1 aliphatic rings. The normalized spacial score (nSPS) is 15.9. The van der Waals surface area contributed by atoms with Gasteiger partial charge in [-0.2, -0.15) is 0 Å². The van der Waals surface area contributed by atoms with Gasteiger partial charge in [0.1, 0.15) is 0 Å². The fraction of sp³-hybridized carbons (Fsp3) is 0.588. The van der Waals surface area contributed by atoms with E-state index in [1.54, 1.807) is 24.3 Å². The van der Waals surface area contributed by atoms with Crippen molar-refractivity contribution in [3.63, 3.8) is 0 Å². The summed E-state index contributed by atoms with van der Waals surface area (Å²) in [5.41, 5.74) is 0.963. The number of carbonyl (C=O) groups is 1. The lowest BCUT2D eigenvalue weighted by molar-refractivity contribution is 0.0954. The molecule has 0 heterocycles. The molecule has 0 atom stereocenters. The van der Waals surface area contributed by atoms with E-state index in [4.69, 9.17) is 0 Å². The summed E-state index contributed by atoms with van der Waals surface area (Å²) in [6.07, 6.45) is 7.76. The van der Waals surface area contributed by atoms with Crippen LogP contribution in [0.15, 0.2) is 24.3 Å². The van der Waals surface area contributed by atoms with Crippen LogP contribution >= 0.6 is 0 Å². The predicted octanol–water partition coefficient (Wildman–Crippen LogP) is 1.96. The molecule has 1 aromatic carbocycles. The fourth-order valence-corrected chi connectivity index (χ4v) is 3.53.